The first-order chi connectivity index (χ1) is 11.2. The number of nitrogens with two attached hydrogens (primary N) is 1. The van der Waals surface area contributed by atoms with Gasteiger partial charge in [-0.15, -0.1) is 0 Å². The molecule has 0 spiro atoms. The summed E-state index contributed by atoms with van der Waals surface area (Å²) in [5, 5.41) is 3.09. The fourth-order valence-corrected chi connectivity index (χ4v) is 3.66. The normalized spacial score (nSPS) is 20.6. The van der Waals surface area contributed by atoms with Gasteiger partial charge >= 0.3 is 0 Å². The molecule has 23 heavy (non-hydrogen) atoms. The Labute approximate surface area is 138 Å². The Morgan fingerprint density at radius 3 is 1.83 bits per heavy atom. The minimum Gasteiger partial charge on any atom is -0.399 e. The van der Waals surface area contributed by atoms with Crippen LogP contribution in [0.15, 0.2) is 24.3 Å². The van der Waals surface area contributed by atoms with Crippen LogP contribution in [0.25, 0.3) is 0 Å². The summed E-state index contributed by atoms with van der Waals surface area (Å²) in [6.45, 7) is 4.10. The van der Waals surface area contributed by atoms with Crippen molar-refractivity contribution in [3.05, 3.63) is 24.3 Å². The number of anilines is 2. The number of piperidine rings is 2. The molecular formula is C18H28N4O. The van der Waals surface area contributed by atoms with Gasteiger partial charge in [0.2, 0.25) is 0 Å². The second kappa shape index (κ2) is 7.79. The first kappa shape index (κ1) is 16.3. The Hall–Kier alpha value is -1.59. The molecule has 0 atom stereocenters. The van der Waals surface area contributed by atoms with Crippen LogP contribution < -0.4 is 11.1 Å². The summed E-state index contributed by atoms with van der Waals surface area (Å²) in [6, 6.07) is 7.40. The predicted octanol–water partition coefficient (Wildman–Crippen LogP) is 2.51. The van der Waals surface area contributed by atoms with Crippen molar-refractivity contribution in [2.75, 3.05) is 37.2 Å². The standard InChI is InChI=1S/C18H28N4O/c19-15-7-9-16(10-8-15)20-17(23)18(21-11-3-1-4-12-21)22-13-5-2-6-14-22/h7-10,18H,1-6,11-14,19H2,(H,20,23). The lowest BCUT2D eigenvalue weighted by molar-refractivity contribution is -0.129. The molecule has 1 aromatic carbocycles. The van der Waals surface area contributed by atoms with Crippen molar-refractivity contribution in [1.82, 2.24) is 9.80 Å². The molecule has 2 saturated heterocycles. The molecule has 0 radical (unpaired) electrons. The highest BCUT2D eigenvalue weighted by molar-refractivity contribution is 5.94. The van der Waals surface area contributed by atoms with E-state index in [4.69, 9.17) is 5.73 Å². The van der Waals surface area contributed by atoms with Gasteiger partial charge in [0, 0.05) is 37.6 Å². The summed E-state index contributed by atoms with van der Waals surface area (Å²) in [4.78, 5) is 17.7. The van der Waals surface area contributed by atoms with Crippen molar-refractivity contribution in [2.24, 2.45) is 0 Å². The molecule has 2 aliphatic rings. The number of hydrogen-bond donors (Lipinski definition) is 2. The third-order valence-corrected chi connectivity index (χ3v) is 4.89. The van der Waals surface area contributed by atoms with E-state index in [0.29, 0.717) is 5.69 Å². The highest BCUT2D eigenvalue weighted by Crippen LogP contribution is 2.21. The molecule has 2 aliphatic heterocycles. The van der Waals surface area contributed by atoms with Gasteiger partial charge in [-0.25, -0.2) is 0 Å². The van der Waals surface area contributed by atoms with Gasteiger partial charge in [-0.05, 0) is 49.9 Å². The van der Waals surface area contributed by atoms with Crippen molar-refractivity contribution < 1.29 is 4.79 Å². The molecule has 2 fully saturated rings. The van der Waals surface area contributed by atoms with E-state index in [1.807, 2.05) is 24.3 Å². The number of carbonyl (C=O) groups excluding carboxylic acids is 1. The summed E-state index contributed by atoms with van der Waals surface area (Å²) in [5.41, 5.74) is 7.26. The predicted molar refractivity (Wildman–Crippen MR) is 94.1 cm³/mol. The van der Waals surface area contributed by atoms with Crippen LogP contribution in [0.5, 0.6) is 0 Å². The number of nitrogens with zero attached hydrogens (tertiary/aromatic N) is 2. The lowest BCUT2D eigenvalue weighted by atomic mass is 10.1. The third kappa shape index (κ3) is 4.24. The molecular weight excluding hydrogens is 288 g/mol. The van der Waals surface area contributed by atoms with Crippen molar-refractivity contribution in [3.63, 3.8) is 0 Å². The summed E-state index contributed by atoms with van der Waals surface area (Å²) < 4.78 is 0. The lowest BCUT2D eigenvalue weighted by Gasteiger charge is -2.41. The van der Waals surface area contributed by atoms with E-state index in [1.54, 1.807) is 0 Å². The smallest absolute Gasteiger partial charge is 0.256 e. The number of hydrogen-bond acceptors (Lipinski definition) is 4. The maximum absolute atomic E-state index is 13.0. The molecule has 3 N–H and O–H groups in total. The monoisotopic (exact) mass is 316 g/mol. The van der Waals surface area contributed by atoms with Crippen LogP contribution in [0.4, 0.5) is 11.4 Å². The second-order valence-corrected chi connectivity index (χ2v) is 6.68. The van der Waals surface area contributed by atoms with Gasteiger partial charge in [0.25, 0.3) is 5.91 Å². The number of carbonyl (C=O) groups is 1. The molecule has 0 aromatic heterocycles. The SMILES string of the molecule is Nc1ccc(NC(=O)C(N2CCCCC2)N2CCCCC2)cc1. The van der Waals surface area contributed by atoms with E-state index in [9.17, 15) is 4.79 Å². The van der Waals surface area contributed by atoms with Crippen LogP contribution in [0.3, 0.4) is 0 Å². The van der Waals surface area contributed by atoms with E-state index in [1.165, 1.54) is 38.5 Å². The maximum atomic E-state index is 13.0. The van der Waals surface area contributed by atoms with Crippen LogP contribution in [-0.2, 0) is 4.79 Å². The maximum Gasteiger partial charge on any atom is 0.256 e. The van der Waals surface area contributed by atoms with Gasteiger partial charge in [-0.3, -0.25) is 14.6 Å². The molecule has 0 aliphatic carbocycles. The molecule has 3 rings (SSSR count). The molecule has 0 saturated carbocycles. The van der Waals surface area contributed by atoms with Crippen LogP contribution in [0.2, 0.25) is 0 Å². The van der Waals surface area contributed by atoms with Crippen molar-refractivity contribution in [1.29, 1.82) is 0 Å². The van der Waals surface area contributed by atoms with Crippen molar-refractivity contribution in [2.45, 2.75) is 44.7 Å². The van der Waals surface area contributed by atoms with E-state index in [0.717, 1.165) is 31.9 Å². The average Bonchev–Trinajstić information content (AvgIpc) is 2.59. The summed E-state index contributed by atoms with van der Waals surface area (Å²) in [7, 11) is 0. The topological polar surface area (TPSA) is 61.6 Å². The van der Waals surface area contributed by atoms with Gasteiger partial charge < -0.3 is 11.1 Å². The third-order valence-electron chi connectivity index (χ3n) is 4.89. The summed E-state index contributed by atoms with van der Waals surface area (Å²) in [6.07, 6.45) is 7.21. The Balaban J connectivity index is 1.72. The van der Waals surface area contributed by atoms with Gasteiger partial charge in [0.05, 0.1) is 0 Å². The highest BCUT2D eigenvalue weighted by atomic mass is 16.2. The van der Waals surface area contributed by atoms with Crippen LogP contribution in [-0.4, -0.2) is 48.1 Å². The zero-order valence-corrected chi connectivity index (χ0v) is 13.8. The lowest BCUT2D eigenvalue weighted by Crippen LogP contribution is -2.57. The minimum absolute atomic E-state index is 0.0959. The van der Waals surface area contributed by atoms with E-state index >= 15 is 0 Å². The number of nitrogens with one attached hydrogen (secondary N) is 1. The number of benzene rings is 1. The minimum atomic E-state index is -0.131. The first-order valence-electron chi connectivity index (χ1n) is 8.88. The quantitative estimate of drug-likeness (QED) is 0.838. The van der Waals surface area contributed by atoms with Gasteiger partial charge in [-0.1, -0.05) is 12.8 Å². The van der Waals surface area contributed by atoms with Gasteiger partial charge in [0.15, 0.2) is 0 Å². The molecule has 0 unspecified atom stereocenters. The highest BCUT2D eigenvalue weighted by Gasteiger charge is 2.33. The Kier molecular flexibility index (Phi) is 5.51. The average molecular weight is 316 g/mol. The fraction of sp³-hybridized carbons (Fsp3) is 0.611. The van der Waals surface area contributed by atoms with E-state index < -0.39 is 0 Å². The molecule has 1 amide bonds. The number of likely N-dealkylation sites (tertiary alicyclic amines) is 2. The molecule has 5 heteroatoms. The number of rotatable bonds is 4. The summed E-state index contributed by atoms with van der Waals surface area (Å²) >= 11 is 0. The molecule has 1 aromatic rings. The van der Waals surface area contributed by atoms with Gasteiger partial charge in [0.1, 0.15) is 6.17 Å². The molecule has 0 bridgehead atoms. The number of amides is 1. The largest absolute Gasteiger partial charge is 0.399 e. The Morgan fingerprint density at radius 2 is 1.35 bits per heavy atom. The molecule has 5 nitrogen and oxygen atoms in total. The van der Waals surface area contributed by atoms with Crippen LogP contribution in [0.1, 0.15) is 38.5 Å². The Morgan fingerprint density at radius 1 is 0.870 bits per heavy atom. The Bertz CT molecular complexity index is 486. The van der Waals surface area contributed by atoms with Crippen LogP contribution in [0, 0.1) is 0 Å². The zero-order valence-electron chi connectivity index (χ0n) is 13.8. The molecule has 126 valence electrons. The first-order valence-corrected chi connectivity index (χ1v) is 8.88. The van der Waals surface area contributed by atoms with E-state index in [-0.39, 0.29) is 12.1 Å². The summed E-state index contributed by atoms with van der Waals surface area (Å²) in [5.74, 6) is 0.0959. The molecule has 2 heterocycles. The van der Waals surface area contributed by atoms with Crippen molar-refractivity contribution >= 4 is 17.3 Å². The van der Waals surface area contributed by atoms with Crippen LogP contribution >= 0.6 is 0 Å². The van der Waals surface area contributed by atoms with Gasteiger partial charge in [-0.2, -0.15) is 0 Å². The second-order valence-electron chi connectivity index (χ2n) is 6.68. The fourth-order valence-electron chi connectivity index (χ4n) is 3.66. The van der Waals surface area contributed by atoms with Crippen molar-refractivity contribution in [3.8, 4) is 0 Å². The zero-order chi connectivity index (χ0) is 16.1. The number of nitrogen functional groups attached to an aromatic ring is 1. The van der Waals surface area contributed by atoms with E-state index in [2.05, 4.69) is 15.1 Å².